The van der Waals surface area contributed by atoms with E-state index in [4.69, 9.17) is 4.74 Å². The number of hydrogen-bond acceptors (Lipinski definition) is 6. The average Bonchev–Trinajstić information content (AvgIpc) is 3.41. The molecule has 3 heterocycles. The zero-order chi connectivity index (χ0) is 19.5. The zero-order valence-corrected chi connectivity index (χ0v) is 17.2. The predicted octanol–water partition coefficient (Wildman–Crippen LogP) is 3.23. The maximum atomic E-state index is 13.0. The number of likely N-dealkylation sites (tertiary alicyclic amines) is 1. The minimum absolute atomic E-state index is 0.0630. The first-order valence-corrected chi connectivity index (χ1v) is 11.0. The summed E-state index contributed by atoms with van der Waals surface area (Å²) < 4.78 is 7.51. The first-order chi connectivity index (χ1) is 13.7. The molecule has 0 aliphatic carbocycles. The van der Waals surface area contributed by atoms with Gasteiger partial charge in [-0.1, -0.05) is 23.9 Å². The first-order valence-electron chi connectivity index (χ1n) is 9.17. The Kier molecular flexibility index (Phi) is 5.68. The molecule has 28 heavy (non-hydrogen) atoms. The van der Waals surface area contributed by atoms with Crippen molar-refractivity contribution in [1.29, 1.82) is 0 Å². The normalized spacial score (nSPS) is 14.0. The van der Waals surface area contributed by atoms with Crippen LogP contribution < -0.4 is 10.3 Å². The van der Waals surface area contributed by atoms with Crippen LogP contribution in [0.1, 0.15) is 18.4 Å². The van der Waals surface area contributed by atoms with Gasteiger partial charge in [-0.05, 0) is 42.0 Å². The molecule has 1 aliphatic rings. The van der Waals surface area contributed by atoms with Gasteiger partial charge in [0.1, 0.15) is 10.4 Å². The highest BCUT2D eigenvalue weighted by Gasteiger charge is 2.20. The van der Waals surface area contributed by atoms with Crippen molar-refractivity contribution < 1.29 is 9.53 Å². The Balaban J connectivity index is 1.62. The van der Waals surface area contributed by atoms with Gasteiger partial charge in [0.15, 0.2) is 5.16 Å². The van der Waals surface area contributed by atoms with E-state index in [1.165, 1.54) is 23.1 Å². The van der Waals surface area contributed by atoms with Crippen molar-refractivity contribution in [2.45, 2.75) is 24.5 Å². The van der Waals surface area contributed by atoms with Crippen LogP contribution in [0.4, 0.5) is 0 Å². The summed E-state index contributed by atoms with van der Waals surface area (Å²) in [5.74, 6) is 1.18. The van der Waals surface area contributed by atoms with Crippen molar-refractivity contribution in [3.8, 4) is 5.75 Å². The second-order valence-electron chi connectivity index (χ2n) is 6.65. The highest BCUT2D eigenvalue weighted by molar-refractivity contribution is 7.99. The quantitative estimate of drug-likeness (QED) is 0.457. The molecular formula is C20H21N3O3S2. The monoisotopic (exact) mass is 415 g/mol. The van der Waals surface area contributed by atoms with E-state index in [9.17, 15) is 9.59 Å². The van der Waals surface area contributed by atoms with Crippen LogP contribution in [0.3, 0.4) is 0 Å². The summed E-state index contributed by atoms with van der Waals surface area (Å²) in [7, 11) is 1.63. The molecule has 1 aromatic carbocycles. The maximum absolute atomic E-state index is 13.0. The summed E-state index contributed by atoms with van der Waals surface area (Å²) in [6.07, 6.45) is 2.13. The second-order valence-corrected chi connectivity index (χ2v) is 8.50. The van der Waals surface area contributed by atoms with Crippen molar-refractivity contribution in [3.05, 3.63) is 51.6 Å². The summed E-state index contributed by atoms with van der Waals surface area (Å²) in [5, 5.41) is 2.46. The predicted molar refractivity (Wildman–Crippen MR) is 113 cm³/mol. The Hall–Kier alpha value is -2.32. The molecule has 1 fully saturated rings. The van der Waals surface area contributed by atoms with Crippen LogP contribution in [-0.4, -0.2) is 46.3 Å². The number of thiophene rings is 1. The fraction of sp³-hybridized carbons (Fsp3) is 0.350. The molecule has 2 aromatic heterocycles. The number of aromatic nitrogens is 2. The Labute approximate surface area is 171 Å². The van der Waals surface area contributed by atoms with E-state index in [-0.39, 0.29) is 11.5 Å². The molecule has 3 aromatic rings. The van der Waals surface area contributed by atoms with Crippen molar-refractivity contribution in [1.82, 2.24) is 14.5 Å². The fourth-order valence-corrected chi connectivity index (χ4v) is 4.95. The molecule has 0 bridgehead atoms. The third-order valence-corrected chi connectivity index (χ3v) is 6.67. The topological polar surface area (TPSA) is 64.4 Å². The number of thioether (sulfide) groups is 1. The van der Waals surface area contributed by atoms with Crippen molar-refractivity contribution in [2.75, 3.05) is 26.0 Å². The van der Waals surface area contributed by atoms with Crippen molar-refractivity contribution >= 4 is 39.2 Å². The lowest BCUT2D eigenvalue weighted by molar-refractivity contribution is -0.127. The number of fused-ring (bicyclic) bond motifs is 1. The van der Waals surface area contributed by atoms with Crippen LogP contribution in [-0.2, 0) is 11.3 Å². The number of hydrogen-bond donors (Lipinski definition) is 0. The lowest BCUT2D eigenvalue weighted by Crippen LogP contribution is -2.30. The summed E-state index contributed by atoms with van der Waals surface area (Å²) in [4.78, 5) is 32.0. The third-order valence-electron chi connectivity index (χ3n) is 4.81. The third kappa shape index (κ3) is 3.93. The smallest absolute Gasteiger partial charge is 0.272 e. The zero-order valence-electron chi connectivity index (χ0n) is 15.6. The van der Waals surface area contributed by atoms with Gasteiger partial charge in [0, 0.05) is 13.1 Å². The van der Waals surface area contributed by atoms with E-state index in [0.29, 0.717) is 27.7 Å². The number of carbonyl (C=O) groups excluding carboxylic acids is 1. The summed E-state index contributed by atoms with van der Waals surface area (Å²) in [6, 6.07) is 9.48. The molecule has 4 rings (SSSR count). The molecule has 0 saturated carbocycles. The molecule has 1 aliphatic heterocycles. The largest absolute Gasteiger partial charge is 0.497 e. The van der Waals surface area contributed by atoms with Gasteiger partial charge >= 0.3 is 0 Å². The van der Waals surface area contributed by atoms with Gasteiger partial charge < -0.3 is 9.64 Å². The van der Waals surface area contributed by atoms with Gasteiger partial charge in [0.2, 0.25) is 5.91 Å². The maximum Gasteiger partial charge on any atom is 0.272 e. The Bertz CT molecular complexity index is 1040. The number of rotatable bonds is 6. The van der Waals surface area contributed by atoms with E-state index in [0.717, 1.165) is 37.2 Å². The van der Waals surface area contributed by atoms with Gasteiger partial charge in [-0.25, -0.2) is 4.98 Å². The molecule has 0 atom stereocenters. The lowest BCUT2D eigenvalue weighted by Gasteiger charge is -2.16. The average molecular weight is 416 g/mol. The molecule has 6 nitrogen and oxygen atoms in total. The molecule has 0 radical (unpaired) electrons. The highest BCUT2D eigenvalue weighted by Crippen LogP contribution is 2.23. The van der Waals surface area contributed by atoms with Gasteiger partial charge in [0.05, 0.1) is 24.9 Å². The van der Waals surface area contributed by atoms with E-state index < -0.39 is 0 Å². The number of carbonyl (C=O) groups is 1. The Morgan fingerprint density at radius 3 is 2.68 bits per heavy atom. The molecule has 1 saturated heterocycles. The van der Waals surface area contributed by atoms with Gasteiger partial charge in [0.25, 0.3) is 5.56 Å². The van der Waals surface area contributed by atoms with E-state index >= 15 is 0 Å². The Morgan fingerprint density at radius 2 is 1.96 bits per heavy atom. The molecule has 8 heteroatoms. The van der Waals surface area contributed by atoms with Gasteiger partial charge in [-0.3, -0.25) is 14.2 Å². The highest BCUT2D eigenvalue weighted by atomic mass is 32.2. The molecule has 0 spiro atoms. The molecule has 1 amide bonds. The second kappa shape index (κ2) is 8.36. The summed E-state index contributed by atoms with van der Waals surface area (Å²) >= 11 is 2.74. The molecule has 0 unspecified atom stereocenters. The standard InChI is InChI=1S/C20H21N3O3S2/c1-26-15-6-4-14(5-7-15)12-23-19(25)18-16(8-11-27-18)21-20(23)28-13-17(24)22-9-2-3-10-22/h4-8,11H,2-3,9-10,12-13H2,1H3. The molecule has 146 valence electrons. The van der Waals surface area contributed by atoms with Crippen LogP contribution in [0.25, 0.3) is 10.2 Å². The SMILES string of the molecule is COc1ccc(Cn2c(SCC(=O)N3CCCC3)nc3ccsc3c2=O)cc1. The number of nitrogens with zero attached hydrogens (tertiary/aromatic N) is 3. The first kappa shape index (κ1) is 19.0. The van der Waals surface area contributed by atoms with Crippen molar-refractivity contribution in [3.63, 3.8) is 0 Å². The van der Waals surface area contributed by atoms with Crippen LogP contribution in [0, 0.1) is 0 Å². The van der Waals surface area contributed by atoms with Crippen LogP contribution in [0.2, 0.25) is 0 Å². The molecule has 0 N–H and O–H groups in total. The minimum Gasteiger partial charge on any atom is -0.497 e. The van der Waals surface area contributed by atoms with Gasteiger partial charge in [-0.15, -0.1) is 11.3 Å². The number of methoxy groups -OCH3 is 1. The van der Waals surface area contributed by atoms with Crippen LogP contribution in [0.5, 0.6) is 5.75 Å². The van der Waals surface area contributed by atoms with E-state index in [2.05, 4.69) is 4.98 Å². The number of ether oxygens (including phenoxy) is 1. The minimum atomic E-state index is -0.0630. The van der Waals surface area contributed by atoms with E-state index in [1.807, 2.05) is 40.6 Å². The van der Waals surface area contributed by atoms with Crippen LogP contribution >= 0.6 is 23.1 Å². The van der Waals surface area contributed by atoms with Gasteiger partial charge in [-0.2, -0.15) is 0 Å². The number of amides is 1. The van der Waals surface area contributed by atoms with E-state index in [1.54, 1.807) is 11.7 Å². The number of benzene rings is 1. The summed E-state index contributed by atoms with van der Waals surface area (Å²) in [6.45, 7) is 2.06. The summed E-state index contributed by atoms with van der Waals surface area (Å²) in [5.41, 5.74) is 1.61. The van der Waals surface area contributed by atoms with Crippen molar-refractivity contribution in [2.24, 2.45) is 0 Å². The lowest BCUT2D eigenvalue weighted by atomic mass is 10.2. The molecular weight excluding hydrogens is 394 g/mol. The van der Waals surface area contributed by atoms with Crippen LogP contribution in [0.15, 0.2) is 45.7 Å². The fourth-order valence-electron chi connectivity index (χ4n) is 3.27. The Morgan fingerprint density at radius 1 is 1.21 bits per heavy atom.